The molecule has 2 aromatic rings. The van der Waals surface area contributed by atoms with Crippen molar-refractivity contribution in [2.75, 3.05) is 0 Å². The SMILES string of the molecule is Cc1cnc(C(Cc2nccn2C)NN)c(C)c1. The molecule has 0 aliphatic heterocycles. The molecule has 2 rings (SSSR count). The van der Waals surface area contributed by atoms with Crippen LogP contribution in [0.25, 0.3) is 0 Å². The summed E-state index contributed by atoms with van der Waals surface area (Å²) in [5.74, 6) is 6.64. The van der Waals surface area contributed by atoms with Crippen molar-refractivity contribution in [3.63, 3.8) is 0 Å². The topological polar surface area (TPSA) is 68.8 Å². The molecule has 0 fully saturated rings. The van der Waals surface area contributed by atoms with Crippen LogP contribution in [0, 0.1) is 13.8 Å². The Kier molecular flexibility index (Phi) is 3.74. The summed E-state index contributed by atoms with van der Waals surface area (Å²) in [7, 11) is 1.98. The second kappa shape index (κ2) is 5.29. The Hall–Kier alpha value is -1.72. The van der Waals surface area contributed by atoms with E-state index >= 15 is 0 Å². The van der Waals surface area contributed by atoms with Crippen LogP contribution in [-0.2, 0) is 13.5 Å². The summed E-state index contributed by atoms with van der Waals surface area (Å²) in [6, 6.07) is 2.09. The fourth-order valence-electron chi connectivity index (χ4n) is 2.10. The van der Waals surface area contributed by atoms with E-state index in [0.717, 1.165) is 29.1 Å². The number of nitrogens with two attached hydrogens (primary N) is 1. The highest BCUT2D eigenvalue weighted by Gasteiger charge is 2.16. The highest BCUT2D eigenvalue weighted by molar-refractivity contribution is 5.26. The summed E-state index contributed by atoms with van der Waals surface area (Å²) in [5, 5.41) is 0. The Balaban J connectivity index is 2.26. The molecule has 0 amide bonds. The molecule has 0 aliphatic carbocycles. The van der Waals surface area contributed by atoms with Crippen molar-refractivity contribution < 1.29 is 0 Å². The average Bonchev–Trinajstić information content (AvgIpc) is 2.73. The summed E-state index contributed by atoms with van der Waals surface area (Å²) in [6.07, 6.45) is 6.30. The van der Waals surface area contributed by atoms with E-state index in [0.29, 0.717) is 0 Å². The molecule has 5 heteroatoms. The van der Waals surface area contributed by atoms with Crippen LogP contribution in [-0.4, -0.2) is 14.5 Å². The highest BCUT2D eigenvalue weighted by Crippen LogP contribution is 2.18. The molecule has 0 radical (unpaired) electrons. The zero-order chi connectivity index (χ0) is 13.1. The van der Waals surface area contributed by atoms with Gasteiger partial charge in [0.05, 0.1) is 11.7 Å². The standard InChI is InChI=1S/C13H19N5/c1-9-6-10(2)13(16-8-9)11(17-14)7-12-15-4-5-18(12)3/h4-6,8,11,17H,7,14H2,1-3H3. The van der Waals surface area contributed by atoms with Gasteiger partial charge in [0, 0.05) is 32.1 Å². The van der Waals surface area contributed by atoms with Crippen molar-refractivity contribution in [1.82, 2.24) is 20.0 Å². The Bertz CT molecular complexity index is 532. The fourth-order valence-corrected chi connectivity index (χ4v) is 2.10. The average molecular weight is 245 g/mol. The van der Waals surface area contributed by atoms with Crippen LogP contribution in [0.2, 0.25) is 0 Å². The molecule has 2 heterocycles. The molecule has 0 bridgehead atoms. The summed E-state index contributed by atoms with van der Waals surface area (Å²) >= 11 is 0. The van der Waals surface area contributed by atoms with Crippen LogP contribution in [0.15, 0.2) is 24.7 Å². The third-order valence-electron chi connectivity index (χ3n) is 3.09. The molecule has 1 unspecified atom stereocenters. The van der Waals surface area contributed by atoms with Crippen LogP contribution >= 0.6 is 0 Å². The first-order chi connectivity index (χ1) is 8.61. The number of nitrogens with one attached hydrogen (secondary N) is 1. The van der Waals surface area contributed by atoms with E-state index in [9.17, 15) is 0 Å². The number of nitrogens with zero attached hydrogens (tertiary/aromatic N) is 3. The number of hydrogen-bond acceptors (Lipinski definition) is 4. The number of rotatable bonds is 4. The maximum atomic E-state index is 5.65. The van der Waals surface area contributed by atoms with Crippen molar-refractivity contribution >= 4 is 0 Å². The van der Waals surface area contributed by atoms with Crippen molar-refractivity contribution in [3.05, 3.63) is 47.3 Å². The molecule has 96 valence electrons. The van der Waals surface area contributed by atoms with Crippen LogP contribution in [0.1, 0.15) is 28.7 Å². The van der Waals surface area contributed by atoms with E-state index in [1.807, 2.05) is 30.9 Å². The summed E-state index contributed by atoms with van der Waals surface area (Å²) < 4.78 is 1.99. The summed E-state index contributed by atoms with van der Waals surface area (Å²) in [4.78, 5) is 8.80. The van der Waals surface area contributed by atoms with Gasteiger partial charge in [0.15, 0.2) is 0 Å². The zero-order valence-corrected chi connectivity index (χ0v) is 11.0. The van der Waals surface area contributed by atoms with Crippen molar-refractivity contribution in [2.45, 2.75) is 26.3 Å². The van der Waals surface area contributed by atoms with Crippen molar-refractivity contribution in [3.8, 4) is 0 Å². The lowest BCUT2D eigenvalue weighted by Crippen LogP contribution is -2.31. The van der Waals surface area contributed by atoms with Gasteiger partial charge in [-0.05, 0) is 25.0 Å². The number of pyridine rings is 1. The number of imidazole rings is 1. The Morgan fingerprint density at radius 1 is 1.39 bits per heavy atom. The highest BCUT2D eigenvalue weighted by atomic mass is 15.2. The van der Waals surface area contributed by atoms with Gasteiger partial charge in [0.1, 0.15) is 5.82 Å². The van der Waals surface area contributed by atoms with Crippen LogP contribution in [0.5, 0.6) is 0 Å². The Morgan fingerprint density at radius 3 is 2.72 bits per heavy atom. The molecule has 0 spiro atoms. The quantitative estimate of drug-likeness (QED) is 0.627. The number of hydrogen-bond donors (Lipinski definition) is 2. The minimum Gasteiger partial charge on any atom is -0.338 e. The third-order valence-corrected chi connectivity index (χ3v) is 3.09. The summed E-state index contributed by atoms with van der Waals surface area (Å²) in [5.41, 5.74) is 6.11. The van der Waals surface area contributed by atoms with Gasteiger partial charge in [0.2, 0.25) is 0 Å². The normalized spacial score (nSPS) is 12.7. The Morgan fingerprint density at radius 2 is 2.17 bits per heavy atom. The molecule has 0 aliphatic rings. The maximum Gasteiger partial charge on any atom is 0.110 e. The smallest absolute Gasteiger partial charge is 0.110 e. The monoisotopic (exact) mass is 245 g/mol. The molecule has 18 heavy (non-hydrogen) atoms. The first-order valence-corrected chi connectivity index (χ1v) is 5.97. The van der Waals surface area contributed by atoms with Crippen molar-refractivity contribution in [1.29, 1.82) is 0 Å². The van der Waals surface area contributed by atoms with Gasteiger partial charge in [-0.2, -0.15) is 0 Å². The van der Waals surface area contributed by atoms with Crippen LogP contribution in [0.4, 0.5) is 0 Å². The van der Waals surface area contributed by atoms with Gasteiger partial charge in [0.25, 0.3) is 0 Å². The third kappa shape index (κ3) is 2.57. The second-order valence-corrected chi connectivity index (χ2v) is 4.59. The summed E-state index contributed by atoms with van der Waals surface area (Å²) in [6.45, 7) is 4.09. The minimum absolute atomic E-state index is 0.0216. The molecule has 0 aromatic carbocycles. The molecular formula is C13H19N5. The van der Waals surface area contributed by atoms with E-state index in [1.165, 1.54) is 0 Å². The van der Waals surface area contributed by atoms with Gasteiger partial charge in [-0.15, -0.1) is 0 Å². The van der Waals surface area contributed by atoms with Gasteiger partial charge in [-0.3, -0.25) is 16.3 Å². The van der Waals surface area contributed by atoms with E-state index in [-0.39, 0.29) is 6.04 Å². The lowest BCUT2D eigenvalue weighted by molar-refractivity contribution is 0.515. The van der Waals surface area contributed by atoms with Crippen LogP contribution < -0.4 is 11.3 Å². The number of aromatic nitrogens is 3. The fraction of sp³-hybridized carbons (Fsp3) is 0.385. The molecule has 0 saturated carbocycles. The maximum absolute atomic E-state index is 5.65. The first kappa shape index (κ1) is 12.7. The molecular weight excluding hydrogens is 226 g/mol. The van der Waals surface area contributed by atoms with Gasteiger partial charge < -0.3 is 4.57 Å². The number of aryl methyl sites for hydroxylation is 3. The molecule has 1 atom stereocenters. The lowest BCUT2D eigenvalue weighted by atomic mass is 10.0. The van der Waals surface area contributed by atoms with E-state index in [2.05, 4.69) is 28.4 Å². The number of hydrazine groups is 1. The van der Waals surface area contributed by atoms with E-state index < -0.39 is 0 Å². The van der Waals surface area contributed by atoms with Gasteiger partial charge in [-0.1, -0.05) is 6.07 Å². The zero-order valence-electron chi connectivity index (χ0n) is 11.0. The van der Waals surface area contributed by atoms with E-state index in [1.54, 1.807) is 6.20 Å². The molecule has 0 saturated heterocycles. The lowest BCUT2D eigenvalue weighted by Gasteiger charge is -2.17. The van der Waals surface area contributed by atoms with Crippen molar-refractivity contribution in [2.24, 2.45) is 12.9 Å². The molecule has 3 N–H and O–H groups in total. The van der Waals surface area contributed by atoms with Gasteiger partial charge in [-0.25, -0.2) is 4.98 Å². The Labute approximate surface area is 107 Å². The predicted octanol–water partition coefficient (Wildman–Crippen LogP) is 1.18. The van der Waals surface area contributed by atoms with Crippen LogP contribution in [0.3, 0.4) is 0 Å². The van der Waals surface area contributed by atoms with Gasteiger partial charge >= 0.3 is 0 Å². The van der Waals surface area contributed by atoms with E-state index in [4.69, 9.17) is 5.84 Å². The molecule has 2 aromatic heterocycles. The largest absolute Gasteiger partial charge is 0.338 e. The first-order valence-electron chi connectivity index (χ1n) is 5.97. The predicted molar refractivity (Wildman–Crippen MR) is 70.7 cm³/mol. The molecule has 5 nitrogen and oxygen atoms in total. The minimum atomic E-state index is -0.0216. The second-order valence-electron chi connectivity index (χ2n) is 4.59.